The molecule has 0 radical (unpaired) electrons. The average Bonchev–Trinajstić information content (AvgIpc) is 2.82. The second kappa shape index (κ2) is 8.49. The Morgan fingerprint density at radius 3 is 2.21 bits per heavy atom. The molecule has 2 fully saturated rings. The molecule has 8 nitrogen and oxygen atoms in total. The van der Waals surface area contributed by atoms with Gasteiger partial charge in [0, 0.05) is 7.11 Å². The summed E-state index contributed by atoms with van der Waals surface area (Å²) in [6, 6.07) is 0. The van der Waals surface area contributed by atoms with Gasteiger partial charge in [0.1, 0.15) is 36.6 Å². The number of halogens is 3. The average molecular weight is 412 g/mol. The SMILES string of the molecule is COC[C@H]1O[C@H](O[C@]2(CCl)O[C@H](CCl)[C@@H](O)[C@@H]2O)[C@H](O)[C@@H](O)[C@H]1Cl. The second-order valence-electron chi connectivity index (χ2n) is 5.73. The van der Waals surface area contributed by atoms with Gasteiger partial charge in [0.15, 0.2) is 6.29 Å². The Balaban J connectivity index is 2.17. The highest BCUT2D eigenvalue weighted by atomic mass is 35.5. The largest absolute Gasteiger partial charge is 0.389 e. The number of aliphatic hydroxyl groups is 4. The predicted molar refractivity (Wildman–Crippen MR) is 84.3 cm³/mol. The minimum Gasteiger partial charge on any atom is -0.389 e. The molecule has 2 heterocycles. The van der Waals surface area contributed by atoms with Crippen LogP contribution in [0.1, 0.15) is 0 Å². The van der Waals surface area contributed by atoms with E-state index in [4.69, 9.17) is 53.8 Å². The third-order valence-electron chi connectivity index (χ3n) is 4.11. The molecule has 0 spiro atoms. The molecule has 0 amide bonds. The number of hydrogen-bond donors (Lipinski definition) is 4. The zero-order valence-corrected chi connectivity index (χ0v) is 15.1. The van der Waals surface area contributed by atoms with Crippen molar-refractivity contribution in [2.75, 3.05) is 25.5 Å². The fourth-order valence-corrected chi connectivity index (χ4v) is 3.52. The number of alkyl halides is 3. The first-order valence-electron chi connectivity index (χ1n) is 7.29. The van der Waals surface area contributed by atoms with Gasteiger partial charge in [-0.05, 0) is 0 Å². The van der Waals surface area contributed by atoms with Gasteiger partial charge in [-0.15, -0.1) is 34.8 Å². The highest BCUT2D eigenvalue weighted by Crippen LogP contribution is 2.38. The molecule has 4 N–H and O–H groups in total. The fourth-order valence-electron chi connectivity index (χ4n) is 2.71. The van der Waals surface area contributed by atoms with E-state index >= 15 is 0 Å². The Hall–Kier alpha value is 0.550. The van der Waals surface area contributed by atoms with Gasteiger partial charge in [-0.3, -0.25) is 0 Å². The topological polar surface area (TPSA) is 118 Å². The van der Waals surface area contributed by atoms with Crippen LogP contribution in [-0.2, 0) is 18.9 Å². The second-order valence-corrected chi connectivity index (χ2v) is 6.81. The van der Waals surface area contributed by atoms with Gasteiger partial charge in [0.25, 0.3) is 0 Å². The van der Waals surface area contributed by atoms with E-state index in [0.717, 1.165) is 0 Å². The van der Waals surface area contributed by atoms with Crippen molar-refractivity contribution in [1.82, 2.24) is 0 Å². The van der Waals surface area contributed by atoms with Crippen LogP contribution in [0.15, 0.2) is 0 Å². The monoisotopic (exact) mass is 410 g/mol. The van der Waals surface area contributed by atoms with Crippen LogP contribution in [0.2, 0.25) is 0 Å². The lowest BCUT2D eigenvalue weighted by Crippen LogP contribution is -2.61. The van der Waals surface area contributed by atoms with Gasteiger partial charge in [0.2, 0.25) is 5.79 Å². The van der Waals surface area contributed by atoms with Crippen LogP contribution in [0, 0.1) is 0 Å². The van der Waals surface area contributed by atoms with E-state index in [1.807, 2.05) is 0 Å². The van der Waals surface area contributed by atoms with Crippen LogP contribution >= 0.6 is 34.8 Å². The van der Waals surface area contributed by atoms with Gasteiger partial charge in [-0.2, -0.15) is 0 Å². The summed E-state index contributed by atoms with van der Waals surface area (Å²) >= 11 is 17.6. The molecular weight excluding hydrogens is 390 g/mol. The van der Waals surface area contributed by atoms with E-state index in [1.54, 1.807) is 0 Å². The molecular formula is C13H21Cl3O8. The van der Waals surface area contributed by atoms with Gasteiger partial charge in [-0.1, -0.05) is 0 Å². The molecule has 24 heavy (non-hydrogen) atoms. The van der Waals surface area contributed by atoms with Crippen LogP contribution in [0.25, 0.3) is 0 Å². The normalized spacial score (nSPS) is 49.5. The predicted octanol–water partition coefficient (Wildman–Crippen LogP) is -1.00. The zero-order valence-electron chi connectivity index (χ0n) is 12.8. The summed E-state index contributed by atoms with van der Waals surface area (Å²) in [5.41, 5.74) is 0. The first kappa shape index (κ1) is 20.9. The van der Waals surface area contributed by atoms with Gasteiger partial charge < -0.3 is 39.4 Å². The molecule has 11 heteroatoms. The molecule has 142 valence electrons. The summed E-state index contributed by atoms with van der Waals surface area (Å²) in [5.74, 6) is -2.34. The Morgan fingerprint density at radius 1 is 1.04 bits per heavy atom. The van der Waals surface area contributed by atoms with E-state index in [1.165, 1.54) is 7.11 Å². The lowest BCUT2D eigenvalue weighted by Gasteiger charge is -2.43. The maximum atomic E-state index is 10.2. The third kappa shape index (κ3) is 3.79. The van der Waals surface area contributed by atoms with Crippen molar-refractivity contribution < 1.29 is 39.4 Å². The summed E-state index contributed by atoms with van der Waals surface area (Å²) in [6.45, 7) is 0.0437. The highest BCUT2D eigenvalue weighted by Gasteiger charge is 2.58. The molecule has 2 rings (SSSR count). The lowest BCUT2D eigenvalue weighted by atomic mass is 10.0. The Kier molecular flexibility index (Phi) is 7.38. The molecule has 2 aliphatic rings. The summed E-state index contributed by atoms with van der Waals surface area (Å²) in [5, 5.41) is 39.5. The van der Waals surface area contributed by atoms with Gasteiger partial charge >= 0.3 is 0 Å². The van der Waals surface area contributed by atoms with Crippen molar-refractivity contribution in [2.24, 2.45) is 0 Å². The standard InChI is InChI=1S/C13H21Cl3O8/c1-21-3-6-7(16)9(18)10(19)12(22-6)24-13(4-15)11(20)8(17)5(2-14)23-13/h5-12,17-20H,2-4H2,1H3/t5-,6-,7+,8-,9+,10-,11+,12-,13+/m1/s1. The molecule has 0 aromatic carbocycles. The Labute approximate surface area is 154 Å². The number of rotatable bonds is 6. The Bertz CT molecular complexity index is 419. The molecule has 2 aliphatic heterocycles. The van der Waals surface area contributed by atoms with E-state index in [0.29, 0.717) is 0 Å². The lowest BCUT2D eigenvalue weighted by molar-refractivity contribution is -0.358. The van der Waals surface area contributed by atoms with Crippen LogP contribution in [0.4, 0.5) is 0 Å². The number of ether oxygens (including phenoxy) is 4. The molecule has 0 aromatic heterocycles. The zero-order chi connectivity index (χ0) is 18.1. The minimum absolute atomic E-state index is 0.0437. The molecule has 0 unspecified atom stereocenters. The van der Waals surface area contributed by atoms with E-state index in [-0.39, 0.29) is 18.4 Å². The van der Waals surface area contributed by atoms with Crippen molar-refractivity contribution in [2.45, 2.75) is 54.1 Å². The van der Waals surface area contributed by atoms with Crippen LogP contribution < -0.4 is 0 Å². The fraction of sp³-hybridized carbons (Fsp3) is 1.00. The molecule has 0 aliphatic carbocycles. The first-order valence-corrected chi connectivity index (χ1v) is 8.80. The van der Waals surface area contributed by atoms with Crippen molar-refractivity contribution in [1.29, 1.82) is 0 Å². The van der Waals surface area contributed by atoms with Crippen molar-refractivity contribution in [3.63, 3.8) is 0 Å². The van der Waals surface area contributed by atoms with Crippen LogP contribution in [0.5, 0.6) is 0 Å². The number of hydrogen-bond acceptors (Lipinski definition) is 8. The van der Waals surface area contributed by atoms with Crippen LogP contribution in [-0.4, -0.2) is 100.0 Å². The smallest absolute Gasteiger partial charge is 0.214 e. The first-order chi connectivity index (χ1) is 11.3. The third-order valence-corrected chi connectivity index (χ3v) is 5.33. The van der Waals surface area contributed by atoms with E-state index < -0.39 is 54.1 Å². The summed E-state index contributed by atoms with van der Waals surface area (Å²) < 4.78 is 21.5. The van der Waals surface area contributed by atoms with Crippen molar-refractivity contribution in [3.05, 3.63) is 0 Å². The van der Waals surface area contributed by atoms with Crippen molar-refractivity contribution in [3.8, 4) is 0 Å². The molecule has 0 bridgehead atoms. The molecule has 9 atom stereocenters. The number of aliphatic hydroxyl groups excluding tert-OH is 4. The molecule has 0 aromatic rings. The van der Waals surface area contributed by atoms with E-state index in [9.17, 15) is 20.4 Å². The van der Waals surface area contributed by atoms with Gasteiger partial charge in [-0.25, -0.2) is 0 Å². The molecule has 0 saturated carbocycles. The highest BCUT2D eigenvalue weighted by molar-refractivity contribution is 6.21. The minimum atomic E-state index is -1.86. The van der Waals surface area contributed by atoms with Crippen LogP contribution in [0.3, 0.4) is 0 Å². The summed E-state index contributed by atoms with van der Waals surface area (Å²) in [6.07, 6.45) is -8.86. The van der Waals surface area contributed by atoms with E-state index in [2.05, 4.69) is 0 Å². The maximum Gasteiger partial charge on any atom is 0.214 e. The quantitative estimate of drug-likeness (QED) is 0.411. The molecule has 2 saturated heterocycles. The summed E-state index contributed by atoms with van der Waals surface area (Å²) in [4.78, 5) is 0. The number of methoxy groups -OCH3 is 1. The Morgan fingerprint density at radius 2 is 1.71 bits per heavy atom. The maximum absolute atomic E-state index is 10.2. The summed E-state index contributed by atoms with van der Waals surface area (Å²) in [7, 11) is 1.42. The van der Waals surface area contributed by atoms with Crippen molar-refractivity contribution >= 4 is 34.8 Å². The van der Waals surface area contributed by atoms with Gasteiger partial charge in [0.05, 0.1) is 23.7 Å².